The van der Waals surface area contributed by atoms with Gasteiger partial charge >= 0.3 is 0 Å². The third-order valence-corrected chi connectivity index (χ3v) is 4.24. The van der Waals surface area contributed by atoms with Gasteiger partial charge in [0.05, 0.1) is 29.4 Å². The number of aromatic nitrogens is 3. The molecule has 6 heteroatoms. The Morgan fingerprint density at radius 2 is 2.19 bits per heavy atom. The van der Waals surface area contributed by atoms with E-state index in [1.165, 1.54) is 4.70 Å². The van der Waals surface area contributed by atoms with Gasteiger partial charge in [-0.15, -0.1) is 11.3 Å². The molecule has 2 heterocycles. The Bertz CT molecular complexity index is 662. The second kappa shape index (κ2) is 6.34. The lowest BCUT2D eigenvalue weighted by atomic mass is 10.3. The molecule has 2 aromatic heterocycles. The van der Waals surface area contributed by atoms with Gasteiger partial charge in [-0.25, -0.2) is 4.98 Å². The van der Waals surface area contributed by atoms with Crippen molar-refractivity contribution in [2.75, 3.05) is 13.6 Å². The Morgan fingerprint density at radius 1 is 1.33 bits per heavy atom. The summed E-state index contributed by atoms with van der Waals surface area (Å²) in [6, 6.07) is 10.0. The fourth-order valence-corrected chi connectivity index (χ4v) is 3.37. The molecule has 110 valence electrons. The number of aliphatic hydroxyl groups excluding tert-OH is 1. The maximum atomic E-state index is 10.1. The first-order valence-electron chi connectivity index (χ1n) is 6.89. The summed E-state index contributed by atoms with van der Waals surface area (Å²) in [5.41, 5.74) is 1.04. The van der Waals surface area contributed by atoms with Crippen LogP contribution in [-0.2, 0) is 13.1 Å². The van der Waals surface area contributed by atoms with Gasteiger partial charge in [-0.1, -0.05) is 12.1 Å². The molecule has 5 nitrogen and oxygen atoms in total. The van der Waals surface area contributed by atoms with Crippen LogP contribution in [0.1, 0.15) is 5.01 Å². The predicted molar refractivity (Wildman–Crippen MR) is 84.2 cm³/mol. The monoisotopic (exact) mass is 302 g/mol. The van der Waals surface area contributed by atoms with Gasteiger partial charge in [-0.3, -0.25) is 9.58 Å². The summed E-state index contributed by atoms with van der Waals surface area (Å²) in [6.07, 6.45) is 3.14. The largest absolute Gasteiger partial charge is 0.390 e. The molecule has 1 unspecified atom stereocenters. The van der Waals surface area contributed by atoms with Gasteiger partial charge in [0.1, 0.15) is 5.01 Å². The molecular weight excluding hydrogens is 284 g/mol. The fraction of sp³-hybridized carbons (Fsp3) is 0.333. The zero-order chi connectivity index (χ0) is 14.7. The second-order valence-electron chi connectivity index (χ2n) is 5.15. The molecule has 3 rings (SSSR count). The highest BCUT2D eigenvalue weighted by Gasteiger charge is 2.11. The Hall–Kier alpha value is -1.76. The summed E-state index contributed by atoms with van der Waals surface area (Å²) < 4.78 is 2.95. The summed E-state index contributed by atoms with van der Waals surface area (Å²) >= 11 is 1.71. The topological polar surface area (TPSA) is 54.2 Å². The van der Waals surface area contributed by atoms with Crippen LogP contribution in [0, 0.1) is 0 Å². The van der Waals surface area contributed by atoms with Crippen LogP contribution in [-0.4, -0.2) is 44.5 Å². The Balaban J connectivity index is 1.56. The number of hydrogen-bond donors (Lipinski definition) is 1. The fourth-order valence-electron chi connectivity index (χ4n) is 2.32. The van der Waals surface area contributed by atoms with Crippen LogP contribution in [0.3, 0.4) is 0 Å². The zero-order valence-corrected chi connectivity index (χ0v) is 12.7. The smallest absolute Gasteiger partial charge is 0.108 e. The van der Waals surface area contributed by atoms with Crippen molar-refractivity contribution < 1.29 is 5.11 Å². The van der Waals surface area contributed by atoms with E-state index < -0.39 is 6.10 Å². The molecule has 0 radical (unpaired) electrons. The minimum absolute atomic E-state index is 0.440. The molecular formula is C15H18N4OS. The Labute approximate surface area is 127 Å². The highest BCUT2D eigenvalue weighted by Crippen LogP contribution is 2.22. The van der Waals surface area contributed by atoms with E-state index in [-0.39, 0.29) is 0 Å². The zero-order valence-electron chi connectivity index (χ0n) is 11.9. The van der Waals surface area contributed by atoms with Crippen molar-refractivity contribution in [3.8, 4) is 0 Å². The van der Waals surface area contributed by atoms with E-state index in [0.29, 0.717) is 13.1 Å². The highest BCUT2D eigenvalue weighted by atomic mass is 32.1. The van der Waals surface area contributed by atoms with Crippen LogP contribution in [0.5, 0.6) is 0 Å². The molecule has 0 spiro atoms. The molecule has 3 aromatic rings. The van der Waals surface area contributed by atoms with Crippen molar-refractivity contribution in [1.82, 2.24) is 19.7 Å². The van der Waals surface area contributed by atoms with Crippen molar-refractivity contribution in [2.45, 2.75) is 19.2 Å². The van der Waals surface area contributed by atoms with Crippen LogP contribution < -0.4 is 0 Å². The average molecular weight is 302 g/mol. The number of fused-ring (bicyclic) bond motifs is 1. The lowest BCUT2D eigenvalue weighted by Crippen LogP contribution is -2.31. The number of nitrogens with zero attached hydrogens (tertiary/aromatic N) is 4. The van der Waals surface area contributed by atoms with Gasteiger partial charge in [-0.05, 0) is 25.2 Å². The van der Waals surface area contributed by atoms with Gasteiger partial charge in [0.25, 0.3) is 0 Å². The summed E-state index contributed by atoms with van der Waals surface area (Å²) in [5, 5.41) is 15.3. The van der Waals surface area contributed by atoms with Crippen molar-refractivity contribution in [2.24, 2.45) is 0 Å². The molecule has 1 atom stereocenters. The average Bonchev–Trinajstić information content (AvgIpc) is 3.06. The van der Waals surface area contributed by atoms with Crippen LogP contribution in [0.2, 0.25) is 0 Å². The van der Waals surface area contributed by atoms with Gasteiger partial charge in [0.2, 0.25) is 0 Å². The van der Waals surface area contributed by atoms with Gasteiger partial charge in [0, 0.05) is 18.9 Å². The summed E-state index contributed by atoms with van der Waals surface area (Å²) in [5.74, 6) is 0. The maximum Gasteiger partial charge on any atom is 0.108 e. The number of hydrogen-bond acceptors (Lipinski definition) is 5. The third kappa shape index (κ3) is 3.66. The molecule has 0 bridgehead atoms. The van der Waals surface area contributed by atoms with E-state index in [1.54, 1.807) is 22.2 Å². The summed E-state index contributed by atoms with van der Waals surface area (Å²) in [7, 11) is 2.00. The second-order valence-corrected chi connectivity index (χ2v) is 6.27. The lowest BCUT2D eigenvalue weighted by Gasteiger charge is -2.19. The van der Waals surface area contributed by atoms with Crippen LogP contribution >= 0.6 is 11.3 Å². The number of benzene rings is 1. The minimum atomic E-state index is -0.440. The summed E-state index contributed by atoms with van der Waals surface area (Å²) in [4.78, 5) is 6.70. The van der Waals surface area contributed by atoms with E-state index in [2.05, 4.69) is 21.0 Å². The number of rotatable bonds is 6. The van der Waals surface area contributed by atoms with Gasteiger partial charge in [-0.2, -0.15) is 5.10 Å². The van der Waals surface area contributed by atoms with Crippen molar-refractivity contribution in [1.29, 1.82) is 0 Å². The number of thiazole rings is 1. The Kier molecular flexibility index (Phi) is 4.28. The standard InChI is InChI=1S/C15H18N4OS/c1-18(9-12(20)10-19-8-4-7-16-19)11-15-17-13-5-2-3-6-14(13)21-15/h2-8,12,20H,9-11H2,1H3. The molecule has 0 aliphatic rings. The van der Waals surface area contributed by atoms with E-state index in [4.69, 9.17) is 0 Å². The van der Waals surface area contributed by atoms with Gasteiger partial charge in [0.15, 0.2) is 0 Å². The predicted octanol–water partition coefficient (Wildman–Crippen LogP) is 1.99. The van der Waals surface area contributed by atoms with E-state index in [1.807, 2.05) is 37.5 Å². The van der Waals surface area contributed by atoms with Crippen LogP contribution in [0.4, 0.5) is 0 Å². The van der Waals surface area contributed by atoms with Crippen molar-refractivity contribution >= 4 is 21.6 Å². The SMILES string of the molecule is CN(Cc1nc2ccccc2s1)CC(O)Cn1cccn1. The Morgan fingerprint density at radius 3 is 2.95 bits per heavy atom. The molecule has 1 N–H and O–H groups in total. The normalized spacial score (nSPS) is 13.1. The van der Waals surface area contributed by atoms with E-state index in [0.717, 1.165) is 17.1 Å². The summed E-state index contributed by atoms with van der Waals surface area (Å²) in [6.45, 7) is 1.85. The highest BCUT2D eigenvalue weighted by molar-refractivity contribution is 7.18. The molecule has 0 fully saturated rings. The first-order chi connectivity index (χ1) is 10.2. The number of likely N-dealkylation sites (N-methyl/N-ethyl adjacent to an activating group) is 1. The number of aliphatic hydroxyl groups is 1. The number of para-hydroxylation sites is 1. The molecule has 21 heavy (non-hydrogen) atoms. The maximum absolute atomic E-state index is 10.1. The molecule has 0 saturated carbocycles. The van der Waals surface area contributed by atoms with Crippen molar-refractivity contribution in [3.63, 3.8) is 0 Å². The lowest BCUT2D eigenvalue weighted by molar-refractivity contribution is 0.104. The van der Waals surface area contributed by atoms with Crippen LogP contribution in [0.15, 0.2) is 42.7 Å². The molecule has 0 aliphatic carbocycles. The molecule has 1 aromatic carbocycles. The van der Waals surface area contributed by atoms with E-state index >= 15 is 0 Å². The first-order valence-corrected chi connectivity index (χ1v) is 7.71. The third-order valence-electron chi connectivity index (χ3n) is 3.22. The molecule has 0 saturated heterocycles. The van der Waals surface area contributed by atoms with Crippen LogP contribution in [0.25, 0.3) is 10.2 Å². The van der Waals surface area contributed by atoms with Gasteiger partial charge < -0.3 is 5.11 Å². The van der Waals surface area contributed by atoms with E-state index in [9.17, 15) is 5.11 Å². The molecule has 0 aliphatic heterocycles. The quantitative estimate of drug-likeness (QED) is 0.756. The first kappa shape index (κ1) is 14.2. The molecule has 0 amide bonds. The van der Waals surface area contributed by atoms with Crippen molar-refractivity contribution in [3.05, 3.63) is 47.7 Å². The minimum Gasteiger partial charge on any atom is -0.390 e.